The quantitative estimate of drug-likeness (QED) is 0.819. The minimum absolute atomic E-state index is 0.0867. The van der Waals surface area contributed by atoms with Gasteiger partial charge in [0.25, 0.3) is 5.91 Å². The van der Waals surface area contributed by atoms with Gasteiger partial charge in [-0.15, -0.1) is 10.2 Å². The molecule has 8 heteroatoms. The summed E-state index contributed by atoms with van der Waals surface area (Å²) in [6, 6.07) is 3.08. The fourth-order valence-electron chi connectivity index (χ4n) is 2.53. The van der Waals surface area contributed by atoms with Crippen molar-refractivity contribution in [3.05, 3.63) is 33.0 Å². The van der Waals surface area contributed by atoms with Crippen molar-refractivity contribution in [2.75, 3.05) is 5.32 Å². The van der Waals surface area contributed by atoms with Crippen LogP contribution in [0.4, 0.5) is 5.13 Å². The Balaban J connectivity index is 1.71. The zero-order valence-corrected chi connectivity index (χ0v) is 14.0. The van der Waals surface area contributed by atoms with Gasteiger partial charge in [-0.2, -0.15) is 0 Å². The number of nitrogens with one attached hydrogen (secondary N) is 1. The molecule has 22 heavy (non-hydrogen) atoms. The molecule has 0 bridgehead atoms. The lowest BCUT2D eigenvalue weighted by atomic mass is 9.90. The Hall–Kier alpha value is -1.24. The van der Waals surface area contributed by atoms with Crippen molar-refractivity contribution in [2.45, 2.75) is 38.0 Å². The molecule has 2 aromatic rings. The van der Waals surface area contributed by atoms with Gasteiger partial charge < -0.3 is 0 Å². The zero-order valence-electron chi connectivity index (χ0n) is 11.7. The molecule has 1 fully saturated rings. The first kappa shape index (κ1) is 15.6. The third-order valence-corrected chi connectivity index (χ3v) is 5.16. The van der Waals surface area contributed by atoms with Crippen LogP contribution in [0.15, 0.2) is 12.1 Å². The molecule has 2 aromatic heterocycles. The van der Waals surface area contributed by atoms with Gasteiger partial charge in [-0.3, -0.25) is 10.1 Å². The molecule has 0 unspecified atom stereocenters. The van der Waals surface area contributed by atoms with Crippen LogP contribution in [0.5, 0.6) is 0 Å². The highest BCUT2D eigenvalue weighted by atomic mass is 35.5. The second kappa shape index (κ2) is 6.89. The highest BCUT2D eigenvalue weighted by molar-refractivity contribution is 7.15. The van der Waals surface area contributed by atoms with E-state index >= 15 is 0 Å². The van der Waals surface area contributed by atoms with Gasteiger partial charge in [-0.25, -0.2) is 4.98 Å². The first-order valence-electron chi connectivity index (χ1n) is 7.10. The smallest absolute Gasteiger partial charge is 0.277 e. The normalized spacial score (nSPS) is 15.7. The molecule has 116 valence electrons. The number of hydrogen-bond donors (Lipinski definition) is 1. The number of aromatic nitrogens is 3. The average molecular weight is 357 g/mol. The van der Waals surface area contributed by atoms with E-state index in [0.717, 1.165) is 17.8 Å². The zero-order chi connectivity index (χ0) is 15.5. The summed E-state index contributed by atoms with van der Waals surface area (Å²) in [4.78, 5) is 16.1. The molecule has 1 amide bonds. The van der Waals surface area contributed by atoms with Gasteiger partial charge in [0.1, 0.15) is 15.9 Å². The van der Waals surface area contributed by atoms with Crippen molar-refractivity contribution >= 4 is 45.6 Å². The molecule has 0 spiro atoms. The number of amides is 1. The van der Waals surface area contributed by atoms with Gasteiger partial charge in [-0.1, -0.05) is 53.8 Å². The standard InChI is InChI=1S/C14H14Cl2N4OS/c15-9-6-7-10(16)17-11(9)12(21)18-14-20-19-13(22-14)8-4-2-1-3-5-8/h6-8H,1-5H2,(H,18,20,21). The van der Waals surface area contributed by atoms with Crippen LogP contribution in [0.25, 0.3) is 0 Å². The molecule has 5 nitrogen and oxygen atoms in total. The minimum Gasteiger partial charge on any atom is -0.295 e. The summed E-state index contributed by atoms with van der Waals surface area (Å²) in [5.41, 5.74) is 0.0867. The molecular weight excluding hydrogens is 343 g/mol. The van der Waals surface area contributed by atoms with E-state index in [0.29, 0.717) is 11.0 Å². The van der Waals surface area contributed by atoms with E-state index < -0.39 is 5.91 Å². The van der Waals surface area contributed by atoms with E-state index in [1.54, 1.807) is 6.07 Å². The predicted molar refractivity (Wildman–Crippen MR) is 87.9 cm³/mol. The lowest BCUT2D eigenvalue weighted by molar-refractivity contribution is 0.102. The first-order chi connectivity index (χ1) is 10.6. The molecule has 0 radical (unpaired) electrons. The molecule has 1 aliphatic carbocycles. The summed E-state index contributed by atoms with van der Waals surface area (Å²) in [7, 11) is 0. The van der Waals surface area contributed by atoms with E-state index in [1.165, 1.54) is 36.7 Å². The van der Waals surface area contributed by atoms with Gasteiger partial charge in [-0.05, 0) is 25.0 Å². The number of rotatable bonds is 3. The van der Waals surface area contributed by atoms with Crippen LogP contribution in [0.3, 0.4) is 0 Å². The lowest BCUT2D eigenvalue weighted by Gasteiger charge is -2.18. The predicted octanol–water partition coefficient (Wildman–Crippen LogP) is 4.54. The van der Waals surface area contributed by atoms with E-state index in [-0.39, 0.29) is 15.9 Å². The number of anilines is 1. The maximum absolute atomic E-state index is 12.2. The van der Waals surface area contributed by atoms with E-state index in [1.807, 2.05) is 0 Å². The lowest BCUT2D eigenvalue weighted by Crippen LogP contribution is -2.14. The molecule has 0 aromatic carbocycles. The molecule has 1 saturated carbocycles. The molecular formula is C14H14Cl2N4OS. The largest absolute Gasteiger partial charge is 0.295 e. The summed E-state index contributed by atoms with van der Waals surface area (Å²) < 4.78 is 0. The van der Waals surface area contributed by atoms with Crippen LogP contribution >= 0.6 is 34.5 Å². The van der Waals surface area contributed by atoms with Crippen LogP contribution in [0.1, 0.15) is 53.5 Å². The minimum atomic E-state index is -0.432. The highest BCUT2D eigenvalue weighted by Gasteiger charge is 2.21. The van der Waals surface area contributed by atoms with Crippen molar-refractivity contribution in [2.24, 2.45) is 0 Å². The maximum Gasteiger partial charge on any atom is 0.277 e. The Bertz CT molecular complexity index is 685. The van der Waals surface area contributed by atoms with Gasteiger partial charge in [0.15, 0.2) is 0 Å². The number of carbonyl (C=O) groups is 1. The summed E-state index contributed by atoms with van der Waals surface area (Å²) in [5.74, 6) is 0.0311. The number of carbonyl (C=O) groups excluding carboxylic acids is 1. The molecule has 2 heterocycles. The third-order valence-electron chi connectivity index (χ3n) is 3.64. The maximum atomic E-state index is 12.2. The third kappa shape index (κ3) is 3.56. The summed E-state index contributed by atoms with van der Waals surface area (Å²) in [5, 5.41) is 12.8. The van der Waals surface area contributed by atoms with Crippen LogP contribution in [-0.4, -0.2) is 21.1 Å². The number of hydrogen-bond acceptors (Lipinski definition) is 5. The Kier molecular flexibility index (Phi) is 4.90. The van der Waals surface area contributed by atoms with E-state index in [9.17, 15) is 4.79 Å². The van der Waals surface area contributed by atoms with Crippen molar-refractivity contribution in [3.63, 3.8) is 0 Å². The van der Waals surface area contributed by atoms with E-state index in [4.69, 9.17) is 23.2 Å². The summed E-state index contributed by atoms with van der Waals surface area (Å²) >= 11 is 13.2. The van der Waals surface area contributed by atoms with Crippen LogP contribution < -0.4 is 5.32 Å². The van der Waals surface area contributed by atoms with Crippen LogP contribution in [0.2, 0.25) is 10.2 Å². The van der Waals surface area contributed by atoms with Gasteiger partial charge in [0.05, 0.1) is 5.02 Å². The van der Waals surface area contributed by atoms with Crippen molar-refractivity contribution in [1.29, 1.82) is 0 Å². The highest BCUT2D eigenvalue weighted by Crippen LogP contribution is 2.35. The topological polar surface area (TPSA) is 67.8 Å². The molecule has 0 atom stereocenters. The molecule has 0 saturated heterocycles. The second-order valence-electron chi connectivity index (χ2n) is 5.20. The number of nitrogens with zero attached hydrogens (tertiary/aromatic N) is 3. The number of pyridine rings is 1. The van der Waals surface area contributed by atoms with Crippen LogP contribution in [-0.2, 0) is 0 Å². The molecule has 3 rings (SSSR count). The van der Waals surface area contributed by atoms with Crippen LogP contribution in [0, 0.1) is 0 Å². The van der Waals surface area contributed by atoms with Crippen molar-refractivity contribution in [3.8, 4) is 0 Å². The monoisotopic (exact) mass is 356 g/mol. The Labute approximate surface area is 142 Å². The molecule has 1 aliphatic rings. The number of halogens is 2. The van der Waals surface area contributed by atoms with Gasteiger partial charge in [0.2, 0.25) is 5.13 Å². The average Bonchev–Trinajstić information content (AvgIpc) is 2.99. The summed E-state index contributed by atoms with van der Waals surface area (Å²) in [6.45, 7) is 0. The fourth-order valence-corrected chi connectivity index (χ4v) is 3.78. The van der Waals surface area contributed by atoms with Gasteiger partial charge >= 0.3 is 0 Å². The van der Waals surface area contributed by atoms with E-state index in [2.05, 4.69) is 20.5 Å². The van der Waals surface area contributed by atoms with Crippen molar-refractivity contribution < 1.29 is 4.79 Å². The molecule has 1 N–H and O–H groups in total. The Morgan fingerprint density at radius 3 is 2.73 bits per heavy atom. The fraction of sp³-hybridized carbons (Fsp3) is 0.429. The van der Waals surface area contributed by atoms with Gasteiger partial charge in [0, 0.05) is 5.92 Å². The first-order valence-corrected chi connectivity index (χ1v) is 8.67. The second-order valence-corrected chi connectivity index (χ2v) is 7.00. The van der Waals surface area contributed by atoms with Crippen molar-refractivity contribution in [1.82, 2.24) is 15.2 Å². The Morgan fingerprint density at radius 2 is 1.95 bits per heavy atom. The SMILES string of the molecule is O=C(Nc1nnc(C2CCCCC2)s1)c1nc(Cl)ccc1Cl. The summed E-state index contributed by atoms with van der Waals surface area (Å²) in [6.07, 6.45) is 6.04. The molecule has 0 aliphatic heterocycles. The Morgan fingerprint density at radius 1 is 1.18 bits per heavy atom.